The van der Waals surface area contributed by atoms with Gasteiger partial charge in [-0.3, -0.25) is 9.13 Å². The Kier molecular flexibility index (Phi) is 5.82. The molecular weight excluding hydrogens is 665 g/mol. The Bertz CT molecular complexity index is 3540. The summed E-state index contributed by atoms with van der Waals surface area (Å²) in [5.41, 5.74) is 12.3. The summed E-state index contributed by atoms with van der Waals surface area (Å²) in [6.45, 7) is 4.36. The van der Waals surface area contributed by atoms with Crippen LogP contribution in [0.2, 0.25) is 0 Å². The molecule has 12 aromatic rings. The van der Waals surface area contributed by atoms with Crippen LogP contribution in [0.5, 0.6) is 0 Å². The van der Waals surface area contributed by atoms with Gasteiger partial charge in [0.05, 0.1) is 22.1 Å². The molecule has 54 heavy (non-hydrogen) atoms. The molecule has 6 heteroatoms. The van der Waals surface area contributed by atoms with Crippen LogP contribution in [-0.2, 0) is 0 Å². The molecule has 0 saturated heterocycles. The number of nitrogens with zero attached hydrogens (tertiary/aromatic N) is 4. The quantitative estimate of drug-likeness (QED) is 0.185. The van der Waals surface area contributed by atoms with Gasteiger partial charge in [0.1, 0.15) is 11.2 Å². The predicted molar refractivity (Wildman–Crippen MR) is 220 cm³/mol. The molecule has 0 saturated carbocycles. The fraction of sp³-hybridized carbons (Fsp3) is 0.0417. The number of furan rings is 2. The highest BCUT2D eigenvalue weighted by molar-refractivity contribution is 6.15. The molecule has 254 valence electrons. The zero-order chi connectivity index (χ0) is 35.7. The molecule has 6 heterocycles. The van der Waals surface area contributed by atoms with Gasteiger partial charge >= 0.3 is 0 Å². The summed E-state index contributed by atoms with van der Waals surface area (Å²) in [4.78, 5) is 9.92. The molecule has 0 amide bonds. The van der Waals surface area contributed by atoms with E-state index < -0.39 is 0 Å². The van der Waals surface area contributed by atoms with E-state index in [1.807, 2.05) is 48.8 Å². The second kappa shape index (κ2) is 10.7. The number of aryl methyl sites for hydroxylation is 2. The summed E-state index contributed by atoms with van der Waals surface area (Å²) in [5.74, 6) is 1.57. The summed E-state index contributed by atoms with van der Waals surface area (Å²) in [7, 11) is 0. The van der Waals surface area contributed by atoms with Crippen LogP contribution < -0.4 is 0 Å². The van der Waals surface area contributed by atoms with Crippen molar-refractivity contribution in [3.05, 3.63) is 157 Å². The van der Waals surface area contributed by atoms with Gasteiger partial charge in [-0.25, -0.2) is 9.97 Å². The smallest absolute Gasteiger partial charge is 0.181 e. The first-order valence-electron chi connectivity index (χ1n) is 18.2. The molecule has 6 nitrogen and oxygen atoms in total. The molecule has 0 radical (unpaired) electrons. The summed E-state index contributed by atoms with van der Waals surface area (Å²) in [6, 6.07) is 47.2. The average Bonchev–Trinajstić information content (AvgIpc) is 3.95. The Labute approximate surface area is 308 Å². The maximum Gasteiger partial charge on any atom is 0.181 e. The van der Waals surface area contributed by atoms with Crippen molar-refractivity contribution in [2.24, 2.45) is 0 Å². The Hall–Kier alpha value is -7.18. The normalized spacial score (nSPS) is 12.3. The second-order valence-electron chi connectivity index (χ2n) is 14.3. The second-order valence-corrected chi connectivity index (χ2v) is 14.3. The van der Waals surface area contributed by atoms with Crippen LogP contribution in [-0.4, -0.2) is 19.1 Å². The number of fused-ring (bicyclic) bond motifs is 12. The average molecular weight is 695 g/mol. The molecule has 0 atom stereocenters. The van der Waals surface area contributed by atoms with E-state index in [1.54, 1.807) is 0 Å². The van der Waals surface area contributed by atoms with Crippen LogP contribution in [0.3, 0.4) is 0 Å². The van der Waals surface area contributed by atoms with Crippen molar-refractivity contribution in [2.75, 3.05) is 0 Å². The largest absolute Gasteiger partial charge is 0.452 e. The van der Waals surface area contributed by atoms with E-state index in [0.29, 0.717) is 0 Å². The van der Waals surface area contributed by atoms with E-state index in [0.717, 1.165) is 94.1 Å². The number of aromatic nitrogens is 4. The molecule has 6 aromatic heterocycles. The van der Waals surface area contributed by atoms with E-state index in [4.69, 9.17) is 18.8 Å². The molecule has 0 N–H and O–H groups in total. The molecular formula is C48H30N4O2. The van der Waals surface area contributed by atoms with Crippen LogP contribution in [0, 0.1) is 13.8 Å². The zero-order valence-electron chi connectivity index (χ0n) is 29.5. The highest BCUT2D eigenvalue weighted by Gasteiger charge is 2.22. The van der Waals surface area contributed by atoms with Crippen molar-refractivity contribution in [1.29, 1.82) is 0 Å². The van der Waals surface area contributed by atoms with Crippen molar-refractivity contribution in [3.63, 3.8) is 0 Å². The summed E-state index contributed by atoms with van der Waals surface area (Å²) >= 11 is 0. The lowest BCUT2D eigenvalue weighted by Gasteiger charge is -2.11. The highest BCUT2D eigenvalue weighted by atomic mass is 16.3. The third kappa shape index (κ3) is 3.94. The number of hydrogen-bond donors (Lipinski definition) is 0. The van der Waals surface area contributed by atoms with Crippen molar-refractivity contribution in [3.8, 4) is 22.8 Å². The summed E-state index contributed by atoms with van der Waals surface area (Å²) in [5, 5.41) is 8.98. The highest BCUT2D eigenvalue weighted by Crippen LogP contribution is 2.42. The summed E-state index contributed by atoms with van der Waals surface area (Å²) in [6.07, 6.45) is 3.78. The molecule has 6 aromatic carbocycles. The maximum atomic E-state index is 6.53. The lowest BCUT2D eigenvalue weighted by Crippen LogP contribution is -1.98. The van der Waals surface area contributed by atoms with E-state index in [-0.39, 0.29) is 0 Å². The Morgan fingerprint density at radius 3 is 1.65 bits per heavy atom. The van der Waals surface area contributed by atoms with Gasteiger partial charge in [0, 0.05) is 55.5 Å². The fourth-order valence-electron chi connectivity index (χ4n) is 8.79. The van der Waals surface area contributed by atoms with Crippen LogP contribution in [0.15, 0.2) is 155 Å². The molecule has 0 unspecified atom stereocenters. The lowest BCUT2D eigenvalue weighted by molar-refractivity contribution is 0.663. The first-order chi connectivity index (χ1) is 26.6. The third-order valence-corrected chi connectivity index (χ3v) is 11.2. The zero-order valence-corrected chi connectivity index (χ0v) is 29.5. The van der Waals surface area contributed by atoms with Crippen LogP contribution >= 0.6 is 0 Å². The Balaban J connectivity index is 1.12. The monoisotopic (exact) mass is 694 g/mol. The van der Waals surface area contributed by atoms with Gasteiger partial charge in [0.15, 0.2) is 22.8 Å². The van der Waals surface area contributed by atoms with Gasteiger partial charge < -0.3 is 8.83 Å². The number of benzene rings is 6. The first-order valence-corrected chi connectivity index (χ1v) is 18.2. The molecule has 0 spiro atoms. The standard InChI is InChI=1S/C48H30N4O2/c1-27-15-17-40-36(23-27)38-25-29(16-18-41(38)51(40)47-45-33(19-21-49-47)31-10-4-7-13-43(31)53-45)35-26-42-37(24-28(35)2)30-9-3-6-12-39(30)52(42)48-46-34(20-22-50-48)32-11-5-8-14-44(32)54-46/h3-26H,1-2H3. The molecule has 0 aliphatic carbocycles. The van der Waals surface area contributed by atoms with E-state index in [9.17, 15) is 0 Å². The molecule has 0 fully saturated rings. The Morgan fingerprint density at radius 1 is 0.426 bits per heavy atom. The molecule has 0 aliphatic heterocycles. The minimum absolute atomic E-state index is 0.779. The Morgan fingerprint density at radius 2 is 0.963 bits per heavy atom. The van der Waals surface area contributed by atoms with Gasteiger partial charge in [0.25, 0.3) is 0 Å². The minimum atomic E-state index is 0.779. The van der Waals surface area contributed by atoms with E-state index in [2.05, 4.69) is 120 Å². The van der Waals surface area contributed by atoms with E-state index >= 15 is 0 Å². The van der Waals surface area contributed by atoms with Crippen LogP contribution in [0.25, 0.3) is 110 Å². The molecule has 12 rings (SSSR count). The number of pyridine rings is 2. The van der Waals surface area contributed by atoms with Gasteiger partial charge in [-0.15, -0.1) is 0 Å². The number of hydrogen-bond acceptors (Lipinski definition) is 4. The van der Waals surface area contributed by atoms with Crippen molar-refractivity contribution >= 4 is 87.5 Å². The van der Waals surface area contributed by atoms with Crippen molar-refractivity contribution < 1.29 is 8.83 Å². The van der Waals surface area contributed by atoms with Gasteiger partial charge in [-0.05, 0) is 97.3 Å². The van der Waals surface area contributed by atoms with Gasteiger partial charge in [0.2, 0.25) is 0 Å². The predicted octanol–water partition coefficient (Wildman–Crippen LogP) is 12.8. The van der Waals surface area contributed by atoms with Gasteiger partial charge in [-0.1, -0.05) is 72.3 Å². The van der Waals surface area contributed by atoms with Crippen molar-refractivity contribution in [2.45, 2.75) is 13.8 Å². The van der Waals surface area contributed by atoms with Crippen molar-refractivity contribution in [1.82, 2.24) is 19.1 Å². The number of rotatable bonds is 3. The first kappa shape index (κ1) is 29.4. The number of para-hydroxylation sites is 3. The molecule has 0 bridgehead atoms. The summed E-state index contributed by atoms with van der Waals surface area (Å²) < 4.78 is 17.6. The van der Waals surface area contributed by atoms with E-state index in [1.165, 1.54) is 27.3 Å². The topological polar surface area (TPSA) is 61.9 Å². The maximum absolute atomic E-state index is 6.53. The van der Waals surface area contributed by atoms with Gasteiger partial charge in [-0.2, -0.15) is 0 Å². The SMILES string of the molecule is Cc1ccc2c(c1)c1cc(-c3cc4c(cc3C)c3ccccc3n4-c3nccc4c3oc3ccccc34)ccc1n2-c1nccc2c1oc1ccccc12. The lowest BCUT2D eigenvalue weighted by atomic mass is 9.96. The molecule has 0 aliphatic rings. The van der Waals surface area contributed by atoms with Crippen LogP contribution in [0.1, 0.15) is 11.1 Å². The van der Waals surface area contributed by atoms with Crippen LogP contribution in [0.4, 0.5) is 0 Å². The third-order valence-electron chi connectivity index (χ3n) is 11.2. The fourth-order valence-corrected chi connectivity index (χ4v) is 8.79. The minimum Gasteiger partial charge on any atom is -0.452 e.